The molecule has 2 aromatic carbocycles. The first-order valence-electron chi connectivity index (χ1n) is 8.48. The molecule has 0 unspecified atom stereocenters. The molecule has 0 aliphatic carbocycles. The molecular formula is C20H25NO6. The molecule has 0 heterocycles. The average Bonchev–Trinajstić information content (AvgIpc) is 2.67. The number of carbonyl (C=O) groups is 2. The monoisotopic (exact) mass is 375 g/mol. The van der Waals surface area contributed by atoms with Crippen LogP contribution in [0.2, 0.25) is 0 Å². The third kappa shape index (κ3) is 8.73. The Morgan fingerprint density at radius 2 is 1.63 bits per heavy atom. The Morgan fingerprint density at radius 1 is 0.963 bits per heavy atom. The van der Waals surface area contributed by atoms with Crippen molar-refractivity contribution in [3.8, 4) is 11.5 Å². The van der Waals surface area contributed by atoms with Gasteiger partial charge in [-0.1, -0.05) is 36.4 Å². The average molecular weight is 375 g/mol. The SMILES string of the molecule is CCOc1cc(CNCCc2ccccc2)ccc1OC.O=C(O)C(=O)O. The van der Waals surface area contributed by atoms with Crippen LogP contribution in [-0.2, 0) is 22.6 Å². The summed E-state index contributed by atoms with van der Waals surface area (Å²) in [5, 5.41) is 18.2. The molecule has 0 saturated heterocycles. The number of benzene rings is 2. The normalized spacial score (nSPS) is 9.70. The van der Waals surface area contributed by atoms with Crippen molar-refractivity contribution in [1.82, 2.24) is 5.32 Å². The van der Waals surface area contributed by atoms with E-state index in [2.05, 4.69) is 35.6 Å². The van der Waals surface area contributed by atoms with E-state index in [9.17, 15) is 0 Å². The standard InChI is InChI=1S/C18H23NO2.C2H2O4/c1-3-21-18-13-16(9-10-17(18)20-2)14-19-12-11-15-7-5-4-6-8-15;3-1(4)2(5)6/h4-10,13,19H,3,11-12,14H2,1-2H3;(H,3,4)(H,5,6). The highest BCUT2D eigenvalue weighted by atomic mass is 16.5. The second-order valence-electron chi connectivity index (χ2n) is 5.44. The number of methoxy groups -OCH3 is 1. The molecule has 0 radical (unpaired) electrons. The number of aliphatic carboxylic acids is 2. The van der Waals surface area contributed by atoms with Gasteiger partial charge in [0.05, 0.1) is 13.7 Å². The molecule has 7 nitrogen and oxygen atoms in total. The molecule has 0 aliphatic heterocycles. The number of hydrogen-bond donors (Lipinski definition) is 3. The Labute approximate surface area is 158 Å². The van der Waals surface area contributed by atoms with Crippen LogP contribution in [0.4, 0.5) is 0 Å². The molecule has 0 aromatic heterocycles. The van der Waals surface area contributed by atoms with Gasteiger partial charge < -0.3 is 25.0 Å². The lowest BCUT2D eigenvalue weighted by Crippen LogP contribution is -2.16. The molecule has 0 fully saturated rings. The third-order valence-corrected chi connectivity index (χ3v) is 3.47. The molecule has 0 bridgehead atoms. The van der Waals surface area contributed by atoms with Gasteiger partial charge in [0.1, 0.15) is 0 Å². The van der Waals surface area contributed by atoms with Crippen molar-refractivity contribution in [2.24, 2.45) is 0 Å². The van der Waals surface area contributed by atoms with E-state index in [0.717, 1.165) is 31.0 Å². The van der Waals surface area contributed by atoms with Gasteiger partial charge >= 0.3 is 11.9 Å². The van der Waals surface area contributed by atoms with E-state index in [1.54, 1.807) is 7.11 Å². The van der Waals surface area contributed by atoms with Crippen LogP contribution >= 0.6 is 0 Å². The Morgan fingerprint density at radius 3 is 2.19 bits per heavy atom. The summed E-state index contributed by atoms with van der Waals surface area (Å²) in [6, 6.07) is 16.6. The van der Waals surface area contributed by atoms with Crippen molar-refractivity contribution in [2.75, 3.05) is 20.3 Å². The van der Waals surface area contributed by atoms with Crippen molar-refractivity contribution in [3.63, 3.8) is 0 Å². The van der Waals surface area contributed by atoms with Crippen LogP contribution in [-0.4, -0.2) is 42.4 Å². The predicted octanol–water partition coefficient (Wildman–Crippen LogP) is 2.58. The fourth-order valence-electron chi connectivity index (χ4n) is 2.21. The summed E-state index contributed by atoms with van der Waals surface area (Å²) in [4.78, 5) is 18.2. The fourth-order valence-corrected chi connectivity index (χ4v) is 2.21. The van der Waals surface area contributed by atoms with Crippen LogP contribution in [0.3, 0.4) is 0 Å². The van der Waals surface area contributed by atoms with Gasteiger partial charge in [0.2, 0.25) is 0 Å². The molecule has 27 heavy (non-hydrogen) atoms. The highest BCUT2D eigenvalue weighted by molar-refractivity contribution is 6.27. The Hall–Kier alpha value is -3.06. The number of nitrogens with one attached hydrogen (secondary N) is 1. The zero-order valence-electron chi connectivity index (χ0n) is 15.5. The lowest BCUT2D eigenvalue weighted by Gasteiger charge is -2.11. The van der Waals surface area contributed by atoms with Gasteiger partial charge in [-0.25, -0.2) is 9.59 Å². The van der Waals surface area contributed by atoms with Crippen LogP contribution < -0.4 is 14.8 Å². The molecule has 146 valence electrons. The largest absolute Gasteiger partial charge is 0.493 e. The van der Waals surface area contributed by atoms with Gasteiger partial charge in [0.15, 0.2) is 11.5 Å². The Bertz CT molecular complexity index is 706. The summed E-state index contributed by atoms with van der Waals surface area (Å²) in [6.07, 6.45) is 1.04. The lowest BCUT2D eigenvalue weighted by atomic mass is 10.1. The second kappa shape index (κ2) is 12.3. The number of rotatable bonds is 8. The summed E-state index contributed by atoms with van der Waals surface area (Å²) in [5.41, 5.74) is 2.56. The highest BCUT2D eigenvalue weighted by Crippen LogP contribution is 2.27. The van der Waals surface area contributed by atoms with Crippen LogP contribution in [0.1, 0.15) is 18.1 Å². The summed E-state index contributed by atoms with van der Waals surface area (Å²) < 4.78 is 10.9. The molecule has 7 heteroatoms. The van der Waals surface area contributed by atoms with Gasteiger partial charge in [-0.3, -0.25) is 0 Å². The minimum absolute atomic E-state index is 0.640. The van der Waals surface area contributed by atoms with E-state index in [1.807, 2.05) is 25.1 Å². The van der Waals surface area contributed by atoms with E-state index < -0.39 is 11.9 Å². The van der Waals surface area contributed by atoms with Crippen molar-refractivity contribution < 1.29 is 29.3 Å². The number of carboxylic acid groups (broad SMARTS) is 2. The van der Waals surface area contributed by atoms with Crippen LogP contribution in [0.5, 0.6) is 11.5 Å². The smallest absolute Gasteiger partial charge is 0.414 e. The quantitative estimate of drug-likeness (QED) is 0.481. The number of carboxylic acids is 2. The van der Waals surface area contributed by atoms with Gasteiger partial charge in [0, 0.05) is 6.54 Å². The van der Waals surface area contributed by atoms with Crippen molar-refractivity contribution in [1.29, 1.82) is 0 Å². The van der Waals surface area contributed by atoms with E-state index >= 15 is 0 Å². The maximum absolute atomic E-state index is 9.10. The Kier molecular flexibility index (Phi) is 10.0. The second-order valence-corrected chi connectivity index (χ2v) is 5.44. The van der Waals surface area contributed by atoms with Crippen LogP contribution in [0.15, 0.2) is 48.5 Å². The summed E-state index contributed by atoms with van der Waals surface area (Å²) in [7, 11) is 1.66. The number of hydrogen-bond acceptors (Lipinski definition) is 5. The minimum Gasteiger partial charge on any atom is -0.493 e. The van der Waals surface area contributed by atoms with E-state index in [4.69, 9.17) is 29.3 Å². The summed E-state index contributed by atoms with van der Waals surface area (Å²) in [5.74, 6) is -2.06. The Balaban J connectivity index is 0.000000527. The molecule has 2 aromatic rings. The highest BCUT2D eigenvalue weighted by Gasteiger charge is 2.05. The molecular weight excluding hydrogens is 350 g/mol. The van der Waals surface area contributed by atoms with E-state index in [0.29, 0.717) is 6.61 Å². The maximum atomic E-state index is 9.10. The molecule has 0 aliphatic rings. The topological polar surface area (TPSA) is 105 Å². The van der Waals surface area contributed by atoms with E-state index in [-0.39, 0.29) is 0 Å². The first-order chi connectivity index (χ1) is 13.0. The molecule has 0 atom stereocenters. The van der Waals surface area contributed by atoms with Crippen molar-refractivity contribution in [2.45, 2.75) is 19.9 Å². The van der Waals surface area contributed by atoms with E-state index in [1.165, 1.54) is 11.1 Å². The summed E-state index contributed by atoms with van der Waals surface area (Å²) in [6.45, 7) is 4.41. The minimum atomic E-state index is -1.82. The summed E-state index contributed by atoms with van der Waals surface area (Å²) >= 11 is 0. The first kappa shape index (κ1) is 22.0. The van der Waals surface area contributed by atoms with Gasteiger partial charge in [-0.05, 0) is 43.1 Å². The zero-order valence-corrected chi connectivity index (χ0v) is 15.5. The lowest BCUT2D eigenvalue weighted by molar-refractivity contribution is -0.159. The van der Waals surface area contributed by atoms with Crippen molar-refractivity contribution in [3.05, 3.63) is 59.7 Å². The fraction of sp³-hybridized carbons (Fsp3) is 0.300. The van der Waals surface area contributed by atoms with Gasteiger partial charge in [-0.15, -0.1) is 0 Å². The third-order valence-electron chi connectivity index (χ3n) is 3.47. The molecule has 2 rings (SSSR count). The van der Waals surface area contributed by atoms with Crippen LogP contribution in [0.25, 0.3) is 0 Å². The number of ether oxygens (including phenoxy) is 2. The van der Waals surface area contributed by atoms with Crippen LogP contribution in [0, 0.1) is 0 Å². The first-order valence-corrected chi connectivity index (χ1v) is 8.48. The molecule has 0 amide bonds. The molecule has 0 spiro atoms. The predicted molar refractivity (Wildman–Crippen MR) is 101 cm³/mol. The van der Waals surface area contributed by atoms with Gasteiger partial charge in [-0.2, -0.15) is 0 Å². The molecule has 3 N–H and O–H groups in total. The zero-order chi connectivity index (χ0) is 20.1. The van der Waals surface area contributed by atoms with Crippen molar-refractivity contribution >= 4 is 11.9 Å². The van der Waals surface area contributed by atoms with Gasteiger partial charge in [0.25, 0.3) is 0 Å². The maximum Gasteiger partial charge on any atom is 0.414 e. The molecule has 0 saturated carbocycles.